The molecular weight excluding hydrogens is 2010 g/mol. The number of rotatable bonds is 23. The molecule has 3 unspecified atom stereocenters. The number of nitrogens with one attached hydrogen (secondary N) is 2. The van der Waals surface area contributed by atoms with Gasteiger partial charge in [-0.25, -0.2) is 48.9 Å². The van der Waals surface area contributed by atoms with Crippen LogP contribution in [0.3, 0.4) is 0 Å². The van der Waals surface area contributed by atoms with Crippen LogP contribution in [-0.4, -0.2) is 115 Å². The maximum Gasteiger partial charge on any atom is 2.00 e. The molecule has 3 saturated heterocycles. The molecular formula is C116H130BrN21O3Pt. The van der Waals surface area contributed by atoms with Gasteiger partial charge in [0.05, 0.1) is 108 Å². The Kier molecular flexibility index (Phi) is 32.8. The second-order valence-electron chi connectivity index (χ2n) is 37.4. The van der Waals surface area contributed by atoms with E-state index < -0.39 is 0 Å². The predicted molar refractivity (Wildman–Crippen MR) is 566 cm³/mol. The number of H-pyrrole nitrogens is 2. The molecule has 26 heteroatoms. The van der Waals surface area contributed by atoms with E-state index in [1.54, 1.807) is 0 Å². The molecule has 0 spiro atoms. The molecule has 24 nitrogen and oxygen atoms in total. The van der Waals surface area contributed by atoms with Crippen molar-refractivity contribution in [2.24, 2.45) is 0 Å². The summed E-state index contributed by atoms with van der Waals surface area (Å²) in [6.07, 6.45) is 15.9. The predicted octanol–water partition coefficient (Wildman–Crippen LogP) is 26.7. The number of aryl methyl sites for hydroxylation is 13. The number of aromatic amines is 2. The van der Waals surface area contributed by atoms with Crippen LogP contribution in [-0.2, 0) is 80.2 Å². The Morgan fingerprint density at radius 1 is 0.296 bits per heavy atom. The van der Waals surface area contributed by atoms with E-state index in [2.05, 4.69) is 319 Å². The van der Waals surface area contributed by atoms with E-state index >= 15 is 0 Å². The number of ether oxygens (including phenoxy) is 3. The van der Waals surface area contributed by atoms with Crippen LogP contribution < -0.4 is 10.2 Å². The first-order valence-electron chi connectivity index (χ1n) is 50.4. The Bertz CT molecular complexity index is 6750. The second kappa shape index (κ2) is 45.7. The quantitative estimate of drug-likeness (QED) is 0.0563. The molecule has 3 fully saturated rings. The molecule has 0 saturated carbocycles. The third-order valence-corrected chi connectivity index (χ3v) is 28.5. The molecule has 2 N–H and O–H groups in total. The maximum absolute atomic E-state index is 6.20. The van der Waals surface area contributed by atoms with E-state index in [4.69, 9.17) is 59.4 Å². The zero-order chi connectivity index (χ0) is 99.0. The summed E-state index contributed by atoms with van der Waals surface area (Å²) in [7, 11) is 0. The third-order valence-electron chi connectivity index (χ3n) is 28.0. The van der Waals surface area contributed by atoms with Crippen molar-refractivity contribution in [3.8, 4) is 147 Å². The van der Waals surface area contributed by atoms with Gasteiger partial charge in [0.2, 0.25) is 0 Å². The number of aromatic nitrogens is 21. The van der Waals surface area contributed by atoms with Gasteiger partial charge in [-0.2, -0.15) is 25.5 Å². The molecule has 0 aliphatic carbocycles. The van der Waals surface area contributed by atoms with Crippen molar-refractivity contribution < 1.29 is 35.3 Å². The fourth-order valence-corrected chi connectivity index (χ4v) is 20.4. The first-order valence-corrected chi connectivity index (χ1v) is 51.2. The summed E-state index contributed by atoms with van der Waals surface area (Å²) in [5.74, 6) is 0. The first kappa shape index (κ1) is 102. The van der Waals surface area contributed by atoms with Crippen molar-refractivity contribution in [1.82, 2.24) is 105 Å². The average Bonchev–Trinajstić information content (AvgIpc) is 1.59. The minimum atomic E-state index is -0.0534. The first-order chi connectivity index (χ1) is 68.4. The van der Waals surface area contributed by atoms with Crippen molar-refractivity contribution in [1.29, 1.82) is 0 Å². The molecule has 20 rings (SSSR count). The summed E-state index contributed by atoms with van der Waals surface area (Å²) in [4.78, 5) is 35.2. The fourth-order valence-electron chi connectivity index (χ4n) is 20.1. The molecule has 14 aromatic heterocycles. The number of hydrogen-bond donors (Lipinski definition) is 2. The van der Waals surface area contributed by atoms with E-state index in [-0.39, 0.29) is 39.7 Å². The van der Waals surface area contributed by atoms with Gasteiger partial charge in [-0.3, -0.25) is 10.2 Å². The Balaban J connectivity index is 0.000000140. The van der Waals surface area contributed by atoms with Crippen molar-refractivity contribution in [3.63, 3.8) is 0 Å². The van der Waals surface area contributed by atoms with Crippen LogP contribution in [0.5, 0.6) is 0 Å². The van der Waals surface area contributed by atoms with Gasteiger partial charge in [0.25, 0.3) is 0 Å². The van der Waals surface area contributed by atoms with Crippen LogP contribution in [0.1, 0.15) is 237 Å². The molecule has 17 heterocycles. The standard InChI is InChI=1S/C40H48N6O2.C30H32N6.C30H30N6.C16H20BrN3O.Pt/c1-7-31-27(5)39(45(43-31)37-19-9-11-21-47-37)35-17-13-15-33(41-35)29-24-30(26(4)23-25(29)3)34-16-14-18-36(42-34)40-28(6)32(8-2)44-46(40)38-20-10-12-22-48-38;2*1-7-23-19(5)29(35-33-23)27-13-9-11-25(31-27)21-16-22(18(4)15-17(21)3)26-12-10-14-28(32-26)30-20(6)24(8-2)34-36-30;1-3-12-11(2)16(13-7-6-8-14(17)18-13)20(19-12)15-9-4-5-10-21-15;/h13-18,23-24,37-38H,7-12,19-22H2,1-6H3;9-16H,7-8H2,1-6H3,(H,33,35)(H,34,36);9-16H,7-8H2,1-6H3;6-8,15H,3-5,9-10H2,1-2H3;/q;;-2;;+2. The summed E-state index contributed by atoms with van der Waals surface area (Å²) >= 11 is 3.46. The molecule has 0 radical (unpaired) electrons. The van der Waals surface area contributed by atoms with Gasteiger partial charge in [-0.05, 0) is 384 Å². The Morgan fingerprint density at radius 2 is 0.556 bits per heavy atom. The molecule has 142 heavy (non-hydrogen) atoms. The van der Waals surface area contributed by atoms with Gasteiger partial charge in [0.15, 0.2) is 18.7 Å². The summed E-state index contributed by atoms with van der Waals surface area (Å²) in [6, 6.07) is 56.5. The Labute approximate surface area is 857 Å². The molecule has 0 amide bonds. The van der Waals surface area contributed by atoms with E-state index in [9.17, 15) is 0 Å². The minimum absolute atomic E-state index is 0. The zero-order valence-electron chi connectivity index (χ0n) is 85.7. The molecule has 17 aromatic rings. The van der Waals surface area contributed by atoms with Crippen LogP contribution in [0.4, 0.5) is 0 Å². The van der Waals surface area contributed by atoms with E-state index in [1.165, 1.54) is 56.5 Å². The smallest absolute Gasteiger partial charge is 0.573 e. The van der Waals surface area contributed by atoms with Crippen LogP contribution >= 0.6 is 15.9 Å². The third kappa shape index (κ3) is 21.5. The van der Waals surface area contributed by atoms with Gasteiger partial charge in [0.1, 0.15) is 16.0 Å². The van der Waals surface area contributed by atoms with Crippen LogP contribution in [0.2, 0.25) is 0 Å². The normalized spacial score (nSPS) is 14.7. The molecule has 3 aliphatic heterocycles. The summed E-state index contributed by atoms with van der Waals surface area (Å²) < 4.78 is 25.4. The molecule has 0 bridgehead atoms. The van der Waals surface area contributed by atoms with Gasteiger partial charge in [0, 0.05) is 76.0 Å². The molecule has 3 aromatic carbocycles. The van der Waals surface area contributed by atoms with Crippen LogP contribution in [0, 0.1) is 90.0 Å². The van der Waals surface area contributed by atoms with Gasteiger partial charge in [-0.1, -0.05) is 121 Å². The molecule has 3 atom stereocenters. The summed E-state index contributed by atoms with van der Waals surface area (Å²) in [5.41, 5.74) is 47.9. The largest absolute Gasteiger partial charge is 2.00 e. The van der Waals surface area contributed by atoms with Crippen molar-refractivity contribution >= 4 is 15.9 Å². The number of benzene rings is 3. The van der Waals surface area contributed by atoms with Crippen molar-refractivity contribution in [2.45, 2.75) is 260 Å². The van der Waals surface area contributed by atoms with Crippen molar-refractivity contribution in [2.75, 3.05) is 19.8 Å². The second-order valence-corrected chi connectivity index (χ2v) is 38.2. The number of hydrogen-bond acceptors (Lipinski definition) is 17. The van der Waals surface area contributed by atoms with Crippen LogP contribution in [0.15, 0.2) is 168 Å². The number of halogens is 1. The van der Waals surface area contributed by atoms with E-state index in [0.717, 1.165) is 330 Å². The van der Waals surface area contributed by atoms with E-state index in [0.29, 0.717) is 0 Å². The number of nitrogens with zero attached hydrogens (tertiary/aromatic N) is 19. The SMILES string of the molecule is CCc1[nH]nc(-c2cccc(-c3cc(-c4cccc(-c5n[nH]c(CC)c5C)n4)c(C)cc3C)n2)c1C.CCc1n[n-]c(-c2cccc(-c3cc(-c4cccc(-c5[n-]nc(CC)c5C)n4)c(C)cc3C)n2)c1C.CCc1nn(C2CCCCO2)c(-c2cccc(-c3cc(-c4cccc(-c5c(C)c(CC)nn5C5CCCCO5)n4)c(C)cc3C)n2)c1C.CCc1nn(C2CCCCO2)c(-c2cccc(Br)n2)c1C.[Pt+2]. The Hall–Kier alpha value is -12.8. The van der Waals surface area contributed by atoms with Gasteiger partial charge in [-0.15, -0.1) is 0 Å². The van der Waals surface area contributed by atoms with Gasteiger partial charge >= 0.3 is 21.1 Å². The van der Waals surface area contributed by atoms with Crippen molar-refractivity contribution in [3.05, 3.63) is 281 Å². The zero-order valence-corrected chi connectivity index (χ0v) is 89.5. The van der Waals surface area contributed by atoms with Gasteiger partial charge < -0.3 is 34.6 Å². The average molecular weight is 2140 g/mol. The summed E-state index contributed by atoms with van der Waals surface area (Å²) in [5, 5.41) is 47.7. The van der Waals surface area contributed by atoms with Crippen LogP contribution in [0.25, 0.3) is 147 Å². The van der Waals surface area contributed by atoms with E-state index in [1.807, 2.05) is 59.3 Å². The molecule has 3 aliphatic rings. The minimum Gasteiger partial charge on any atom is -0.573 e. The topological polar surface area (TPSA) is 283 Å². The number of pyridine rings is 7. The monoisotopic (exact) mass is 2140 g/mol. The fraction of sp³-hybridized carbons (Fsp3) is 0.362. The molecule has 734 valence electrons. The Morgan fingerprint density at radius 3 is 0.817 bits per heavy atom. The summed E-state index contributed by atoms with van der Waals surface area (Å²) in [6.45, 7) is 44.9. The maximum atomic E-state index is 6.20.